The number of rotatable bonds is 49. The lowest BCUT2D eigenvalue weighted by Gasteiger charge is -2.28. The normalized spacial score (nSPS) is 13.9. The van der Waals surface area contributed by atoms with Crippen LogP contribution in [0.1, 0.15) is 131 Å². The van der Waals surface area contributed by atoms with Gasteiger partial charge in [-0.15, -0.1) is 12.6 Å². The van der Waals surface area contributed by atoms with Crippen molar-refractivity contribution in [3.63, 3.8) is 0 Å². The first-order valence-corrected chi connectivity index (χ1v) is 33.9. The molecule has 0 aliphatic heterocycles. The zero-order chi connectivity index (χ0) is 72.6. The molecule has 0 bridgehead atoms. The summed E-state index contributed by atoms with van der Waals surface area (Å²) in [6.07, 6.45) is 4.04. The largest absolute Gasteiger partial charge is 0.481 e. The predicted molar refractivity (Wildman–Crippen MR) is 370 cm³/mol. The van der Waals surface area contributed by atoms with Gasteiger partial charge in [-0.1, -0.05) is 40.6 Å². The number of oxime groups is 2. The molecule has 7 atom stereocenters. The van der Waals surface area contributed by atoms with Gasteiger partial charge in [0.15, 0.2) is 11.3 Å². The van der Waals surface area contributed by atoms with Crippen LogP contribution in [0.5, 0.6) is 0 Å². The summed E-state index contributed by atoms with van der Waals surface area (Å²) in [6, 6.07) is 0.182. The molecule has 21 N–H and O–H groups in total. The maximum Gasteiger partial charge on any atom is 0.305 e. The summed E-state index contributed by atoms with van der Waals surface area (Å²) in [5, 5.41) is 64.9. The van der Waals surface area contributed by atoms with Crippen molar-refractivity contribution >= 4 is 125 Å². The third kappa shape index (κ3) is 36.2. The Morgan fingerprint density at radius 1 is 0.562 bits per heavy atom. The zero-order valence-corrected chi connectivity index (χ0v) is 58.6. The van der Waals surface area contributed by atoms with E-state index < -0.39 is 125 Å². The number of primary amides is 1. The number of carboxylic acid groups (broad SMARTS) is 1. The lowest BCUT2D eigenvalue weighted by molar-refractivity contribution is -0.141. The van der Waals surface area contributed by atoms with E-state index >= 15 is 0 Å². The van der Waals surface area contributed by atoms with Crippen LogP contribution in [0.3, 0.4) is 0 Å². The summed E-state index contributed by atoms with van der Waals surface area (Å²) in [5.41, 5.74) is 16.8. The number of amides is 11. The van der Waals surface area contributed by atoms with Gasteiger partial charge in [0.25, 0.3) is 5.91 Å². The molecule has 1 unspecified atom stereocenters. The second-order valence-corrected chi connectivity index (χ2v) is 25.5. The number of thiol groups is 2. The van der Waals surface area contributed by atoms with Gasteiger partial charge < -0.3 is 96.5 Å². The maximum absolute atomic E-state index is 13.8. The Morgan fingerprint density at radius 2 is 1.06 bits per heavy atom. The number of benzene rings is 1. The van der Waals surface area contributed by atoms with E-state index in [1.54, 1.807) is 50.4 Å². The molecule has 0 aromatic heterocycles. The van der Waals surface area contributed by atoms with E-state index in [1.807, 2.05) is 27.7 Å². The second-order valence-electron chi connectivity index (χ2n) is 23.8. The molecule has 1 rings (SSSR count). The number of unbranched alkanes of at least 4 members (excludes halogenated alkanes) is 1. The van der Waals surface area contributed by atoms with Gasteiger partial charge in [0, 0.05) is 44.6 Å². The van der Waals surface area contributed by atoms with Crippen LogP contribution in [0.25, 0.3) is 0 Å². The highest BCUT2D eigenvalue weighted by Crippen LogP contribution is 2.16. The van der Waals surface area contributed by atoms with Crippen LogP contribution in [0.15, 0.2) is 45.6 Å². The quantitative estimate of drug-likeness (QED) is 0.00623. The summed E-state index contributed by atoms with van der Waals surface area (Å²) in [5.74, 6) is -10.5. The molecule has 540 valence electrons. The molecule has 0 spiro atoms. The zero-order valence-electron chi connectivity index (χ0n) is 56.0. The second kappa shape index (κ2) is 46.2. The average molecular weight is 1410 g/mol. The third-order valence-electron chi connectivity index (χ3n) is 15.3. The van der Waals surface area contributed by atoms with Crippen LogP contribution in [-0.2, 0) is 64.0 Å². The van der Waals surface area contributed by atoms with Crippen LogP contribution in [0.2, 0.25) is 0 Å². The highest BCUT2D eigenvalue weighted by atomic mass is 32.2. The van der Waals surface area contributed by atoms with Crippen molar-refractivity contribution in [2.24, 2.45) is 38.4 Å². The number of nitrogens with two attached hydrogens (primary N) is 3. The summed E-state index contributed by atoms with van der Waals surface area (Å²) >= 11 is 9.58. The predicted octanol–water partition coefficient (Wildman–Crippen LogP) is -2.25. The molecule has 1 aromatic rings. The van der Waals surface area contributed by atoms with E-state index in [0.29, 0.717) is 55.9 Å². The number of carboxylic acids is 1. The molecule has 0 saturated carbocycles. The van der Waals surface area contributed by atoms with Gasteiger partial charge in [-0.25, -0.2) is 0 Å². The van der Waals surface area contributed by atoms with Crippen LogP contribution < -0.4 is 81.0 Å². The molecule has 36 heteroatoms. The standard InChI is InChI=1S/C60H102N18O15S3/c1-35(50(61)85)70-53(88)42(30-39-16-10-9-11-17-39)74-56(91)57(95)76-54(89)43(31-49(83)84)72-47(81)32-67-51(86)40(19-15-26-66-58(62)63)73-55(90)44(33-94)75-52(87)41(71-48(82)34-96-8)18-12-13-25-64-45(79)20-14-21-46(80)65-27-22-38(23-28-68-59(4,5)36(2)77-92)24-29-69-60(6,7)37(3)78-93/h9-11,16-17,35,38,40-44,57,68-69,92-95H,12-15,18-34H2,1-8H3,(H2,61,85)(H,64,79)(H,65,80)(H,67,86)(H,70,88)(H,71,82)(H,72,81)(H,73,90)(H,74,91)(H,75,87)(H,76,89)(H,83,84)(H4,62,63,66)/b77-36-,78-37-/t35-,40-,41-,42-,43-,44-,57?/m0/s1. The first-order valence-electron chi connectivity index (χ1n) is 31.4. The number of nitrogens with zero attached hydrogens (tertiary/aromatic N) is 3. The van der Waals surface area contributed by atoms with Gasteiger partial charge in [-0.3, -0.25) is 62.5 Å². The Hall–Kier alpha value is -7.96. The Kier molecular flexibility index (Phi) is 41.5. The molecular formula is C60H102N18O15S3. The SMILES string of the molecule is CSCC(=O)N[C@@H](CCCCNC(=O)CCCC(=O)NCCC(CCNC(C)(C)/C(C)=N\O)CCNC(C)(C)/C(C)=N\O)C(=O)N[C@@H](CS)C(=O)N[C@@H](CCCN=C(N)N)C(=O)NCC(=O)N[C@@H](CC(=O)O)C(=O)NC(S)C(=O)N[C@@H](Cc1ccccc1)C(=O)N[C@@H](C)C(N)=O. The van der Waals surface area contributed by atoms with E-state index in [-0.39, 0.29) is 93.2 Å². The van der Waals surface area contributed by atoms with Crippen LogP contribution in [0.4, 0.5) is 0 Å². The number of hydrogen-bond donors (Lipinski definition) is 20. The number of carbonyl (C=O) groups excluding carboxylic acids is 11. The molecule has 0 radical (unpaired) electrons. The highest BCUT2D eigenvalue weighted by molar-refractivity contribution is 7.99. The number of aliphatic carboxylic acids is 1. The minimum absolute atomic E-state index is 0.00397. The average Bonchev–Trinajstić information content (AvgIpc) is 0.991. The number of aliphatic imine (C=N–C) groups is 1. The van der Waals surface area contributed by atoms with Gasteiger partial charge in [0.05, 0.1) is 41.2 Å². The van der Waals surface area contributed by atoms with E-state index in [1.165, 1.54) is 18.7 Å². The minimum atomic E-state index is -1.85. The highest BCUT2D eigenvalue weighted by Gasteiger charge is 2.33. The maximum atomic E-state index is 13.8. The van der Waals surface area contributed by atoms with E-state index in [2.05, 4.69) is 104 Å². The van der Waals surface area contributed by atoms with Gasteiger partial charge in [-0.05, 0) is 137 Å². The molecule has 0 saturated heterocycles. The molecular weight excluding hydrogens is 1310 g/mol. The number of carbonyl (C=O) groups is 12. The fourth-order valence-corrected chi connectivity index (χ4v) is 9.69. The van der Waals surface area contributed by atoms with Crippen molar-refractivity contribution in [3.8, 4) is 0 Å². The first-order chi connectivity index (χ1) is 45.2. The van der Waals surface area contributed by atoms with Gasteiger partial charge in [0.2, 0.25) is 59.1 Å². The van der Waals surface area contributed by atoms with E-state index in [9.17, 15) is 73.1 Å². The number of thioether (sulfide) groups is 1. The topological polar surface area (TPSA) is 525 Å². The fraction of sp³-hybridized carbons (Fsp3) is 0.650. The smallest absolute Gasteiger partial charge is 0.305 e. The van der Waals surface area contributed by atoms with E-state index in [4.69, 9.17) is 17.2 Å². The molecule has 96 heavy (non-hydrogen) atoms. The van der Waals surface area contributed by atoms with Gasteiger partial charge in [-0.2, -0.15) is 24.4 Å². The number of guanidine groups is 1. The summed E-state index contributed by atoms with van der Waals surface area (Å²) in [6.45, 7) is 13.5. The van der Waals surface area contributed by atoms with Crippen LogP contribution >= 0.6 is 37.0 Å². The molecule has 0 aliphatic carbocycles. The lowest BCUT2D eigenvalue weighted by atomic mass is 9.94. The Morgan fingerprint density at radius 3 is 1.60 bits per heavy atom. The summed E-state index contributed by atoms with van der Waals surface area (Å²) in [4.78, 5) is 160. The van der Waals surface area contributed by atoms with Crippen molar-refractivity contribution in [3.05, 3.63) is 35.9 Å². The van der Waals surface area contributed by atoms with Crippen molar-refractivity contribution in [1.82, 2.24) is 63.8 Å². The van der Waals surface area contributed by atoms with E-state index in [0.717, 1.165) is 12.8 Å². The van der Waals surface area contributed by atoms with Crippen molar-refractivity contribution in [1.29, 1.82) is 0 Å². The summed E-state index contributed by atoms with van der Waals surface area (Å²) in [7, 11) is 0. The monoisotopic (exact) mass is 1410 g/mol. The van der Waals surface area contributed by atoms with Crippen LogP contribution in [-0.4, -0.2) is 214 Å². The Balaban J connectivity index is 2.96. The van der Waals surface area contributed by atoms with Gasteiger partial charge in [0.1, 0.15) is 36.3 Å². The summed E-state index contributed by atoms with van der Waals surface area (Å²) < 4.78 is 0. The molecule has 33 nitrogen and oxygen atoms in total. The first kappa shape index (κ1) is 86.1. The molecule has 11 amide bonds. The molecule has 0 aliphatic rings. The van der Waals surface area contributed by atoms with Crippen molar-refractivity contribution < 1.29 is 73.1 Å². The number of hydrogen-bond acceptors (Lipinski definition) is 22. The van der Waals surface area contributed by atoms with Crippen molar-refractivity contribution in [2.75, 3.05) is 57.0 Å². The van der Waals surface area contributed by atoms with Crippen molar-refractivity contribution in [2.45, 2.75) is 185 Å². The number of nitrogens with one attached hydrogen (secondary N) is 12. The fourth-order valence-electron chi connectivity index (χ4n) is 8.88. The van der Waals surface area contributed by atoms with Crippen LogP contribution in [0, 0.1) is 5.92 Å². The Labute approximate surface area is 575 Å². The molecule has 0 heterocycles. The third-order valence-corrected chi connectivity index (χ3v) is 16.6. The molecule has 0 fully saturated rings. The Bertz CT molecular complexity index is 2780. The van der Waals surface area contributed by atoms with Gasteiger partial charge >= 0.3 is 5.97 Å². The minimum Gasteiger partial charge on any atom is -0.481 e. The molecule has 1 aromatic carbocycles. The lowest BCUT2D eigenvalue weighted by Crippen LogP contribution is -2.58.